The molecule has 0 unspecified atom stereocenters. The van der Waals surface area contributed by atoms with Gasteiger partial charge in [-0.2, -0.15) is 11.3 Å². The van der Waals surface area contributed by atoms with Crippen molar-refractivity contribution in [3.8, 4) is 5.75 Å². The molecule has 1 aromatic carbocycles. The SMILES string of the molecule is COc1ccccc1[C@H](O)c1ccsc1. The molecule has 0 aliphatic rings. The number of para-hydroxylation sites is 1. The lowest BCUT2D eigenvalue weighted by atomic mass is 10.0. The van der Waals surface area contributed by atoms with Crippen molar-refractivity contribution in [2.24, 2.45) is 0 Å². The lowest BCUT2D eigenvalue weighted by Gasteiger charge is -2.13. The number of aliphatic hydroxyl groups is 1. The Labute approximate surface area is 92.8 Å². The number of ether oxygens (including phenoxy) is 1. The smallest absolute Gasteiger partial charge is 0.125 e. The van der Waals surface area contributed by atoms with Gasteiger partial charge in [0.05, 0.1) is 7.11 Å². The van der Waals surface area contributed by atoms with Crippen LogP contribution < -0.4 is 4.74 Å². The maximum absolute atomic E-state index is 10.1. The highest BCUT2D eigenvalue weighted by Crippen LogP contribution is 2.30. The van der Waals surface area contributed by atoms with E-state index in [4.69, 9.17) is 4.74 Å². The zero-order valence-electron chi connectivity index (χ0n) is 8.38. The van der Waals surface area contributed by atoms with E-state index < -0.39 is 6.10 Å². The first-order valence-corrected chi connectivity index (χ1v) is 5.60. The van der Waals surface area contributed by atoms with Gasteiger partial charge in [-0.25, -0.2) is 0 Å². The van der Waals surface area contributed by atoms with Gasteiger partial charge in [-0.05, 0) is 28.5 Å². The van der Waals surface area contributed by atoms with Gasteiger partial charge in [-0.3, -0.25) is 0 Å². The van der Waals surface area contributed by atoms with E-state index in [1.165, 1.54) is 0 Å². The molecule has 0 amide bonds. The fourth-order valence-electron chi connectivity index (χ4n) is 1.50. The van der Waals surface area contributed by atoms with Gasteiger partial charge in [0.25, 0.3) is 0 Å². The summed E-state index contributed by atoms with van der Waals surface area (Å²) >= 11 is 1.58. The Bertz CT molecular complexity index is 423. The lowest BCUT2D eigenvalue weighted by molar-refractivity contribution is 0.215. The molecule has 1 atom stereocenters. The van der Waals surface area contributed by atoms with E-state index in [9.17, 15) is 5.11 Å². The summed E-state index contributed by atoms with van der Waals surface area (Å²) in [7, 11) is 1.61. The summed E-state index contributed by atoms with van der Waals surface area (Å²) in [5, 5.41) is 14.0. The first-order chi connectivity index (χ1) is 7.33. The minimum Gasteiger partial charge on any atom is -0.496 e. The predicted octanol–water partition coefficient (Wildman–Crippen LogP) is 2.84. The Morgan fingerprint density at radius 2 is 2.07 bits per heavy atom. The molecule has 0 aliphatic carbocycles. The summed E-state index contributed by atoms with van der Waals surface area (Å²) in [4.78, 5) is 0. The predicted molar refractivity (Wildman–Crippen MR) is 61.4 cm³/mol. The molecule has 0 fully saturated rings. The number of hydrogen-bond donors (Lipinski definition) is 1. The molecule has 0 saturated carbocycles. The van der Waals surface area contributed by atoms with Gasteiger partial charge in [0.15, 0.2) is 0 Å². The second kappa shape index (κ2) is 4.47. The summed E-state index contributed by atoms with van der Waals surface area (Å²) in [6, 6.07) is 9.43. The Morgan fingerprint density at radius 1 is 1.27 bits per heavy atom. The number of aliphatic hydroxyl groups excluding tert-OH is 1. The summed E-state index contributed by atoms with van der Waals surface area (Å²) in [5.74, 6) is 0.719. The van der Waals surface area contributed by atoms with Gasteiger partial charge in [-0.15, -0.1) is 0 Å². The largest absolute Gasteiger partial charge is 0.496 e. The third-order valence-corrected chi connectivity index (χ3v) is 2.99. The third kappa shape index (κ3) is 2.03. The van der Waals surface area contributed by atoms with Crippen molar-refractivity contribution in [3.05, 3.63) is 52.2 Å². The number of benzene rings is 1. The molecule has 0 radical (unpaired) electrons. The average molecular weight is 220 g/mol. The zero-order valence-corrected chi connectivity index (χ0v) is 9.20. The van der Waals surface area contributed by atoms with Crippen LogP contribution in [0.2, 0.25) is 0 Å². The Kier molecular flexibility index (Phi) is 3.04. The molecule has 2 nitrogen and oxygen atoms in total. The van der Waals surface area contributed by atoms with Gasteiger partial charge in [0.2, 0.25) is 0 Å². The van der Waals surface area contributed by atoms with Crippen molar-refractivity contribution in [2.75, 3.05) is 7.11 Å². The van der Waals surface area contributed by atoms with Crippen LogP contribution in [0, 0.1) is 0 Å². The second-order valence-electron chi connectivity index (χ2n) is 3.20. The van der Waals surface area contributed by atoms with E-state index in [1.807, 2.05) is 41.1 Å². The fraction of sp³-hybridized carbons (Fsp3) is 0.167. The standard InChI is InChI=1S/C12H12O2S/c1-14-11-5-3-2-4-10(11)12(13)9-6-7-15-8-9/h2-8,12-13H,1H3/t12-/m1/s1. The molecule has 0 bridgehead atoms. The van der Waals surface area contributed by atoms with Crippen LogP contribution in [-0.2, 0) is 0 Å². The van der Waals surface area contributed by atoms with Crippen LogP contribution in [-0.4, -0.2) is 12.2 Å². The molecule has 1 N–H and O–H groups in total. The van der Waals surface area contributed by atoms with Crippen molar-refractivity contribution in [2.45, 2.75) is 6.10 Å². The van der Waals surface area contributed by atoms with Crippen LogP contribution in [0.3, 0.4) is 0 Å². The molecule has 1 aromatic heterocycles. The van der Waals surface area contributed by atoms with Crippen LogP contribution in [0.15, 0.2) is 41.1 Å². The fourth-order valence-corrected chi connectivity index (χ4v) is 2.18. The van der Waals surface area contributed by atoms with E-state index >= 15 is 0 Å². The molecule has 15 heavy (non-hydrogen) atoms. The van der Waals surface area contributed by atoms with Crippen molar-refractivity contribution < 1.29 is 9.84 Å². The van der Waals surface area contributed by atoms with Gasteiger partial charge in [0.1, 0.15) is 11.9 Å². The molecule has 78 valence electrons. The molecule has 0 spiro atoms. The maximum Gasteiger partial charge on any atom is 0.125 e. The van der Waals surface area contributed by atoms with Crippen molar-refractivity contribution in [1.29, 1.82) is 0 Å². The minimum absolute atomic E-state index is 0.604. The second-order valence-corrected chi connectivity index (χ2v) is 3.98. The van der Waals surface area contributed by atoms with Crippen LogP contribution in [0.5, 0.6) is 5.75 Å². The highest BCUT2D eigenvalue weighted by Gasteiger charge is 2.14. The average Bonchev–Trinajstić information content (AvgIpc) is 2.81. The van der Waals surface area contributed by atoms with Crippen LogP contribution in [0.1, 0.15) is 17.2 Å². The summed E-state index contributed by atoms with van der Waals surface area (Å²) in [6.45, 7) is 0. The minimum atomic E-state index is -0.604. The number of thiophene rings is 1. The Balaban J connectivity index is 2.37. The quantitative estimate of drug-likeness (QED) is 0.861. The van der Waals surface area contributed by atoms with E-state index in [2.05, 4.69) is 0 Å². The zero-order chi connectivity index (χ0) is 10.7. The van der Waals surface area contributed by atoms with Crippen LogP contribution >= 0.6 is 11.3 Å². The Morgan fingerprint density at radius 3 is 2.73 bits per heavy atom. The number of hydrogen-bond acceptors (Lipinski definition) is 3. The summed E-state index contributed by atoms with van der Waals surface area (Å²) < 4.78 is 5.21. The van der Waals surface area contributed by atoms with Gasteiger partial charge in [0, 0.05) is 5.56 Å². The normalized spacial score (nSPS) is 12.4. The highest BCUT2D eigenvalue weighted by molar-refractivity contribution is 7.07. The molecule has 2 rings (SSSR count). The third-order valence-electron chi connectivity index (χ3n) is 2.29. The van der Waals surface area contributed by atoms with Gasteiger partial charge >= 0.3 is 0 Å². The molecule has 2 aromatic rings. The molecular formula is C12H12O2S. The molecule has 3 heteroatoms. The number of methoxy groups -OCH3 is 1. The van der Waals surface area contributed by atoms with Crippen molar-refractivity contribution in [3.63, 3.8) is 0 Å². The van der Waals surface area contributed by atoms with Gasteiger partial charge in [-0.1, -0.05) is 18.2 Å². The first kappa shape index (κ1) is 10.2. The molecular weight excluding hydrogens is 208 g/mol. The summed E-state index contributed by atoms with van der Waals surface area (Å²) in [5.41, 5.74) is 1.71. The van der Waals surface area contributed by atoms with E-state index in [1.54, 1.807) is 18.4 Å². The van der Waals surface area contributed by atoms with Gasteiger partial charge < -0.3 is 9.84 Å². The molecule has 1 heterocycles. The lowest BCUT2D eigenvalue weighted by Crippen LogP contribution is -2.00. The van der Waals surface area contributed by atoms with E-state index in [0.29, 0.717) is 0 Å². The van der Waals surface area contributed by atoms with Crippen molar-refractivity contribution in [1.82, 2.24) is 0 Å². The topological polar surface area (TPSA) is 29.5 Å². The number of rotatable bonds is 3. The van der Waals surface area contributed by atoms with E-state index in [0.717, 1.165) is 16.9 Å². The van der Waals surface area contributed by atoms with Crippen molar-refractivity contribution >= 4 is 11.3 Å². The van der Waals surface area contributed by atoms with E-state index in [-0.39, 0.29) is 0 Å². The van der Waals surface area contributed by atoms with Crippen LogP contribution in [0.25, 0.3) is 0 Å². The van der Waals surface area contributed by atoms with Crippen LogP contribution in [0.4, 0.5) is 0 Å². The first-order valence-electron chi connectivity index (χ1n) is 4.66. The monoisotopic (exact) mass is 220 g/mol. The maximum atomic E-state index is 10.1. The molecule has 0 saturated heterocycles. The Hall–Kier alpha value is -1.32. The highest BCUT2D eigenvalue weighted by atomic mass is 32.1. The summed E-state index contributed by atoms with van der Waals surface area (Å²) in [6.07, 6.45) is -0.604. The molecule has 0 aliphatic heterocycles.